The Morgan fingerprint density at radius 2 is 1.78 bits per heavy atom. The molecule has 2 aromatic carbocycles. The minimum absolute atomic E-state index is 0.125. The first kappa shape index (κ1) is 24.8. The van der Waals surface area contributed by atoms with Crippen molar-refractivity contribution in [3.05, 3.63) is 93.9 Å². The summed E-state index contributed by atoms with van der Waals surface area (Å²) in [4.78, 5) is 29.6. The average molecular weight is 507 g/mol. The minimum atomic E-state index is -1.70. The molecular formula is C25H23ClN6O4. The van der Waals surface area contributed by atoms with Gasteiger partial charge in [0, 0.05) is 23.0 Å². The molecule has 0 saturated carbocycles. The molecule has 0 aliphatic carbocycles. The van der Waals surface area contributed by atoms with Gasteiger partial charge in [-0.05, 0) is 61.9 Å². The zero-order valence-electron chi connectivity index (χ0n) is 19.5. The smallest absolute Gasteiger partial charge is 0.298 e. The van der Waals surface area contributed by atoms with Gasteiger partial charge in [0.1, 0.15) is 11.4 Å². The molecule has 11 heteroatoms. The van der Waals surface area contributed by atoms with Gasteiger partial charge in [-0.2, -0.15) is 0 Å². The molecule has 0 fully saturated rings. The highest BCUT2D eigenvalue weighted by Gasteiger charge is 2.26. The molecule has 0 atom stereocenters. The van der Waals surface area contributed by atoms with Crippen LogP contribution in [0.2, 0.25) is 5.02 Å². The molecule has 10 nitrogen and oxygen atoms in total. The fraction of sp³-hybridized carbons (Fsp3) is 0.160. The second kappa shape index (κ2) is 10.5. The van der Waals surface area contributed by atoms with E-state index in [-0.39, 0.29) is 18.3 Å². The van der Waals surface area contributed by atoms with E-state index in [1.54, 1.807) is 66.9 Å². The standard InChI is InChI=1S/C25H23ClN6O4/c1-25(2,35)23(34)29-21-22(33)32(15-16-6-8-17(26)9-7-16)24(31-30-21)28-18-10-12-19(13-11-18)36-20-5-3-4-14-27-20/h3-14,35H,15H2,1-2H3,(H,28,31)(H,29,30,34). The molecule has 0 aliphatic rings. The summed E-state index contributed by atoms with van der Waals surface area (Å²) in [5.74, 6) is 0.102. The summed E-state index contributed by atoms with van der Waals surface area (Å²) in [6, 6.07) is 19.3. The zero-order chi connectivity index (χ0) is 25.7. The molecule has 3 N–H and O–H groups in total. The maximum Gasteiger partial charge on any atom is 0.298 e. The molecule has 4 rings (SSSR count). The molecule has 2 aromatic heterocycles. The third-order valence-corrected chi connectivity index (χ3v) is 5.21. The van der Waals surface area contributed by atoms with Crippen molar-refractivity contribution in [2.75, 3.05) is 10.6 Å². The lowest BCUT2D eigenvalue weighted by atomic mass is 10.1. The largest absolute Gasteiger partial charge is 0.439 e. The SMILES string of the molecule is CC(C)(O)C(=O)Nc1nnc(Nc2ccc(Oc3ccccn3)cc2)n(Cc2ccc(Cl)cc2)c1=O. The fourth-order valence-electron chi connectivity index (χ4n) is 3.03. The Balaban J connectivity index is 1.62. The van der Waals surface area contributed by atoms with E-state index in [9.17, 15) is 14.7 Å². The number of carbonyl (C=O) groups excluding carboxylic acids is 1. The predicted octanol–water partition coefficient (Wildman–Crippen LogP) is 3.98. The summed E-state index contributed by atoms with van der Waals surface area (Å²) in [5.41, 5.74) is -0.910. The molecule has 2 heterocycles. The lowest BCUT2D eigenvalue weighted by Gasteiger charge is -2.18. The van der Waals surface area contributed by atoms with E-state index in [2.05, 4.69) is 25.8 Å². The van der Waals surface area contributed by atoms with E-state index in [1.807, 2.05) is 6.07 Å². The lowest BCUT2D eigenvalue weighted by Crippen LogP contribution is -2.39. The molecule has 0 unspecified atom stereocenters. The van der Waals surface area contributed by atoms with Crippen molar-refractivity contribution in [3.63, 3.8) is 0 Å². The number of amides is 1. The van der Waals surface area contributed by atoms with Crippen molar-refractivity contribution in [1.29, 1.82) is 0 Å². The van der Waals surface area contributed by atoms with Gasteiger partial charge in [0.2, 0.25) is 17.6 Å². The third kappa shape index (κ3) is 6.23. The average Bonchev–Trinajstić information content (AvgIpc) is 2.85. The number of hydrogen-bond donors (Lipinski definition) is 3. The highest BCUT2D eigenvalue weighted by Crippen LogP contribution is 2.23. The van der Waals surface area contributed by atoms with Crippen LogP contribution in [-0.4, -0.2) is 36.4 Å². The number of pyridine rings is 1. The van der Waals surface area contributed by atoms with Crippen LogP contribution in [0, 0.1) is 0 Å². The normalized spacial score (nSPS) is 11.1. The van der Waals surface area contributed by atoms with Crippen LogP contribution in [-0.2, 0) is 11.3 Å². The van der Waals surface area contributed by atoms with Crippen LogP contribution in [0.4, 0.5) is 17.5 Å². The van der Waals surface area contributed by atoms with E-state index in [0.29, 0.717) is 22.3 Å². The number of benzene rings is 2. The Morgan fingerprint density at radius 1 is 1.06 bits per heavy atom. The van der Waals surface area contributed by atoms with Crippen LogP contribution in [0.3, 0.4) is 0 Å². The predicted molar refractivity (Wildman–Crippen MR) is 136 cm³/mol. The number of nitrogens with one attached hydrogen (secondary N) is 2. The van der Waals surface area contributed by atoms with Crippen molar-refractivity contribution in [1.82, 2.24) is 19.7 Å². The third-order valence-electron chi connectivity index (χ3n) is 4.96. The Hall–Kier alpha value is -4.28. The van der Waals surface area contributed by atoms with E-state index >= 15 is 0 Å². The maximum atomic E-state index is 13.2. The number of carbonyl (C=O) groups is 1. The Bertz CT molecular complexity index is 1400. The van der Waals surface area contributed by atoms with Gasteiger partial charge in [-0.25, -0.2) is 4.98 Å². The summed E-state index contributed by atoms with van der Waals surface area (Å²) < 4.78 is 7.03. The van der Waals surface area contributed by atoms with Gasteiger partial charge in [0.25, 0.3) is 11.5 Å². The number of halogens is 1. The molecule has 4 aromatic rings. The summed E-state index contributed by atoms with van der Waals surface area (Å²) in [5, 5.41) is 23.9. The number of aromatic nitrogens is 4. The molecule has 184 valence electrons. The number of aliphatic hydroxyl groups is 1. The van der Waals surface area contributed by atoms with Crippen LogP contribution in [0.15, 0.2) is 77.7 Å². The van der Waals surface area contributed by atoms with Crippen LogP contribution in [0.1, 0.15) is 19.4 Å². The number of anilines is 3. The molecule has 1 amide bonds. The van der Waals surface area contributed by atoms with Crippen molar-refractivity contribution in [3.8, 4) is 11.6 Å². The summed E-state index contributed by atoms with van der Waals surface area (Å²) in [6.07, 6.45) is 1.64. The number of nitrogens with zero attached hydrogens (tertiary/aromatic N) is 4. The van der Waals surface area contributed by atoms with Gasteiger partial charge < -0.3 is 20.5 Å². The van der Waals surface area contributed by atoms with Gasteiger partial charge in [-0.15, -0.1) is 10.2 Å². The van der Waals surface area contributed by atoms with E-state index in [0.717, 1.165) is 5.56 Å². The Kier molecular flexibility index (Phi) is 7.28. The van der Waals surface area contributed by atoms with Crippen molar-refractivity contribution < 1.29 is 14.6 Å². The topological polar surface area (TPSA) is 131 Å². The van der Waals surface area contributed by atoms with E-state index < -0.39 is 17.1 Å². The number of ether oxygens (including phenoxy) is 1. The molecule has 0 aliphatic heterocycles. The molecule has 0 bridgehead atoms. The number of rotatable bonds is 8. The van der Waals surface area contributed by atoms with Gasteiger partial charge >= 0.3 is 0 Å². The van der Waals surface area contributed by atoms with E-state index in [1.165, 1.54) is 18.4 Å². The van der Waals surface area contributed by atoms with Gasteiger partial charge in [0.15, 0.2) is 0 Å². The minimum Gasteiger partial charge on any atom is -0.439 e. The molecule has 0 spiro atoms. The first-order valence-electron chi connectivity index (χ1n) is 10.9. The summed E-state index contributed by atoms with van der Waals surface area (Å²) in [7, 11) is 0. The highest BCUT2D eigenvalue weighted by atomic mass is 35.5. The second-order valence-corrected chi connectivity index (χ2v) is 8.76. The molecule has 0 saturated heterocycles. The van der Waals surface area contributed by atoms with E-state index in [4.69, 9.17) is 16.3 Å². The zero-order valence-corrected chi connectivity index (χ0v) is 20.2. The summed E-state index contributed by atoms with van der Waals surface area (Å²) >= 11 is 5.99. The van der Waals surface area contributed by atoms with Crippen LogP contribution in [0.25, 0.3) is 0 Å². The van der Waals surface area contributed by atoms with Crippen LogP contribution < -0.4 is 20.9 Å². The van der Waals surface area contributed by atoms with Crippen molar-refractivity contribution in [2.45, 2.75) is 26.0 Å². The highest BCUT2D eigenvalue weighted by molar-refractivity contribution is 6.30. The van der Waals surface area contributed by atoms with Crippen molar-refractivity contribution in [2.24, 2.45) is 0 Å². The summed E-state index contributed by atoms with van der Waals surface area (Å²) in [6.45, 7) is 2.73. The molecule has 36 heavy (non-hydrogen) atoms. The molecular weight excluding hydrogens is 484 g/mol. The Morgan fingerprint density at radius 3 is 2.42 bits per heavy atom. The second-order valence-electron chi connectivity index (χ2n) is 8.32. The van der Waals surface area contributed by atoms with Crippen LogP contribution in [0.5, 0.6) is 11.6 Å². The first-order chi connectivity index (χ1) is 17.2. The number of hydrogen-bond acceptors (Lipinski definition) is 8. The maximum absolute atomic E-state index is 13.2. The Labute approximate surface area is 211 Å². The molecule has 0 radical (unpaired) electrons. The fourth-order valence-corrected chi connectivity index (χ4v) is 3.16. The monoisotopic (exact) mass is 506 g/mol. The van der Waals surface area contributed by atoms with Crippen LogP contribution >= 0.6 is 11.6 Å². The van der Waals surface area contributed by atoms with Gasteiger partial charge in [0.05, 0.1) is 6.54 Å². The van der Waals surface area contributed by atoms with Gasteiger partial charge in [-0.3, -0.25) is 14.2 Å². The lowest BCUT2D eigenvalue weighted by molar-refractivity contribution is -0.130. The first-order valence-corrected chi connectivity index (χ1v) is 11.3. The quantitative estimate of drug-likeness (QED) is 0.327. The van der Waals surface area contributed by atoms with Crippen molar-refractivity contribution >= 4 is 35.0 Å². The van der Waals surface area contributed by atoms with Gasteiger partial charge in [-0.1, -0.05) is 29.8 Å².